The maximum absolute atomic E-state index is 12.2. The third-order valence-electron chi connectivity index (χ3n) is 3.80. The molecule has 0 unspecified atom stereocenters. The molecule has 0 spiro atoms. The number of benzene rings is 1. The fourth-order valence-electron chi connectivity index (χ4n) is 2.56. The lowest BCUT2D eigenvalue weighted by Crippen LogP contribution is -2.26. The van der Waals surface area contributed by atoms with Gasteiger partial charge in [0.15, 0.2) is 0 Å². The van der Waals surface area contributed by atoms with Crippen molar-refractivity contribution in [2.75, 3.05) is 6.54 Å². The molecule has 1 fully saturated rings. The van der Waals surface area contributed by atoms with Gasteiger partial charge in [0.25, 0.3) is 0 Å². The average molecular weight is 334 g/mol. The quantitative estimate of drug-likeness (QED) is 0.789. The van der Waals surface area contributed by atoms with Crippen molar-refractivity contribution >= 4 is 23.5 Å². The number of esters is 1. The summed E-state index contributed by atoms with van der Waals surface area (Å²) in [6.07, 6.45) is 1.73. The number of rotatable bonds is 5. The number of hydrogen-bond donors (Lipinski definition) is 0. The van der Waals surface area contributed by atoms with Crippen molar-refractivity contribution < 1.29 is 18.7 Å². The van der Waals surface area contributed by atoms with Crippen LogP contribution in [0.5, 0.6) is 0 Å². The highest BCUT2D eigenvalue weighted by Crippen LogP contribution is 2.23. The number of hydrogen-bond acceptors (Lipinski definition) is 4. The summed E-state index contributed by atoms with van der Waals surface area (Å²) < 4.78 is 10.5. The smallest absolute Gasteiger partial charge is 0.311 e. The summed E-state index contributed by atoms with van der Waals surface area (Å²) in [5.74, 6) is -0.190. The monoisotopic (exact) mass is 333 g/mol. The van der Waals surface area contributed by atoms with E-state index in [1.807, 2.05) is 12.1 Å². The molecule has 6 heteroatoms. The topological polar surface area (TPSA) is 59.8 Å². The first-order valence-corrected chi connectivity index (χ1v) is 7.71. The molecule has 3 rings (SSSR count). The van der Waals surface area contributed by atoms with Crippen LogP contribution in [0.25, 0.3) is 0 Å². The van der Waals surface area contributed by atoms with Gasteiger partial charge in [0.1, 0.15) is 12.4 Å². The lowest BCUT2D eigenvalue weighted by Gasteiger charge is -2.14. The Morgan fingerprint density at radius 1 is 1.30 bits per heavy atom. The highest BCUT2D eigenvalue weighted by molar-refractivity contribution is 6.31. The Hall–Kier alpha value is -2.27. The van der Waals surface area contributed by atoms with E-state index in [1.54, 1.807) is 35.4 Å². The van der Waals surface area contributed by atoms with Crippen LogP contribution in [0, 0.1) is 5.92 Å². The molecule has 1 atom stereocenters. The van der Waals surface area contributed by atoms with Gasteiger partial charge in [0.05, 0.1) is 18.7 Å². The third kappa shape index (κ3) is 3.74. The van der Waals surface area contributed by atoms with E-state index in [0.717, 1.165) is 5.56 Å². The largest absolute Gasteiger partial charge is 0.467 e. The molecule has 0 aliphatic carbocycles. The van der Waals surface area contributed by atoms with Crippen LogP contribution in [0.2, 0.25) is 5.02 Å². The molecule has 23 heavy (non-hydrogen) atoms. The summed E-state index contributed by atoms with van der Waals surface area (Å²) in [6, 6.07) is 10.8. The molecule has 0 radical (unpaired) electrons. The third-order valence-corrected chi connectivity index (χ3v) is 4.17. The summed E-state index contributed by atoms with van der Waals surface area (Å²) in [7, 11) is 0. The summed E-state index contributed by atoms with van der Waals surface area (Å²) >= 11 is 6.03. The number of carbonyl (C=O) groups excluding carboxylic acids is 2. The minimum atomic E-state index is -0.444. The first-order valence-electron chi connectivity index (χ1n) is 7.33. The Morgan fingerprint density at radius 3 is 2.87 bits per heavy atom. The SMILES string of the molecule is O=C(OCc1ccccc1Cl)[C@H]1CC(=O)N(Cc2ccco2)C1. The van der Waals surface area contributed by atoms with Crippen molar-refractivity contribution in [2.24, 2.45) is 5.92 Å². The maximum Gasteiger partial charge on any atom is 0.311 e. The van der Waals surface area contributed by atoms with Crippen LogP contribution in [0.4, 0.5) is 0 Å². The van der Waals surface area contributed by atoms with E-state index in [4.69, 9.17) is 20.8 Å². The van der Waals surface area contributed by atoms with Crippen LogP contribution < -0.4 is 0 Å². The standard InChI is InChI=1S/C17H16ClNO4/c18-15-6-2-1-4-12(15)11-23-17(21)13-8-16(20)19(9-13)10-14-5-3-7-22-14/h1-7,13H,8-11H2/t13-/m0/s1. The molecule has 1 aromatic carbocycles. The second-order valence-corrected chi connectivity index (χ2v) is 5.86. The molecule has 1 aromatic heterocycles. The highest BCUT2D eigenvalue weighted by atomic mass is 35.5. The first kappa shape index (κ1) is 15.6. The average Bonchev–Trinajstić information content (AvgIpc) is 3.17. The molecule has 120 valence electrons. The Morgan fingerprint density at radius 2 is 2.13 bits per heavy atom. The van der Waals surface area contributed by atoms with Gasteiger partial charge in [0.2, 0.25) is 5.91 Å². The molecule has 1 aliphatic heterocycles. The lowest BCUT2D eigenvalue weighted by molar-refractivity contribution is -0.149. The fraction of sp³-hybridized carbons (Fsp3) is 0.294. The lowest BCUT2D eigenvalue weighted by atomic mass is 10.1. The van der Waals surface area contributed by atoms with Gasteiger partial charge in [-0.25, -0.2) is 0 Å². The minimum Gasteiger partial charge on any atom is -0.467 e. The van der Waals surface area contributed by atoms with Gasteiger partial charge < -0.3 is 14.1 Å². The summed E-state index contributed by atoms with van der Waals surface area (Å²) in [6.45, 7) is 0.836. The fourth-order valence-corrected chi connectivity index (χ4v) is 2.75. The van der Waals surface area contributed by atoms with Gasteiger partial charge in [-0.1, -0.05) is 29.8 Å². The van der Waals surface area contributed by atoms with Gasteiger partial charge in [-0.3, -0.25) is 9.59 Å². The van der Waals surface area contributed by atoms with Crippen molar-refractivity contribution in [3.63, 3.8) is 0 Å². The number of nitrogens with zero attached hydrogens (tertiary/aromatic N) is 1. The molecule has 5 nitrogen and oxygen atoms in total. The van der Waals surface area contributed by atoms with E-state index in [9.17, 15) is 9.59 Å². The molecule has 0 N–H and O–H groups in total. The molecule has 2 heterocycles. The Bertz CT molecular complexity index is 698. The summed E-state index contributed by atoms with van der Waals surface area (Å²) in [5.41, 5.74) is 0.749. The van der Waals surface area contributed by atoms with Crippen LogP contribution in [-0.4, -0.2) is 23.3 Å². The minimum absolute atomic E-state index is 0.0684. The number of ether oxygens (including phenoxy) is 1. The summed E-state index contributed by atoms with van der Waals surface area (Å²) in [4.78, 5) is 25.8. The zero-order valence-electron chi connectivity index (χ0n) is 12.4. The van der Waals surface area contributed by atoms with E-state index in [1.165, 1.54) is 0 Å². The van der Waals surface area contributed by atoms with Crippen molar-refractivity contribution in [3.05, 3.63) is 59.0 Å². The molecule has 1 aliphatic rings. The van der Waals surface area contributed by atoms with Crippen molar-refractivity contribution in [2.45, 2.75) is 19.6 Å². The molecule has 2 aromatic rings. The Kier molecular flexibility index (Phi) is 4.67. The molecule has 1 amide bonds. The van der Waals surface area contributed by atoms with Gasteiger partial charge in [-0.05, 0) is 18.2 Å². The Balaban J connectivity index is 1.54. The van der Waals surface area contributed by atoms with Crippen molar-refractivity contribution in [1.29, 1.82) is 0 Å². The van der Waals surface area contributed by atoms with E-state index >= 15 is 0 Å². The van der Waals surface area contributed by atoms with Gasteiger partial charge >= 0.3 is 5.97 Å². The van der Waals surface area contributed by atoms with E-state index in [-0.39, 0.29) is 24.9 Å². The molecule has 0 bridgehead atoms. The second kappa shape index (κ2) is 6.87. The number of amides is 1. The van der Waals surface area contributed by atoms with E-state index in [2.05, 4.69) is 0 Å². The normalized spacial score (nSPS) is 17.5. The van der Waals surface area contributed by atoms with Crippen LogP contribution in [0.3, 0.4) is 0 Å². The number of furan rings is 1. The first-order chi connectivity index (χ1) is 11.1. The van der Waals surface area contributed by atoms with Crippen LogP contribution in [0.15, 0.2) is 47.1 Å². The van der Waals surface area contributed by atoms with Gasteiger partial charge in [-0.15, -0.1) is 0 Å². The summed E-state index contributed by atoms with van der Waals surface area (Å²) in [5, 5.41) is 0.558. The predicted octanol–water partition coefficient (Wildman–Crippen LogP) is 3.02. The molecule has 0 saturated carbocycles. The zero-order chi connectivity index (χ0) is 16.2. The van der Waals surface area contributed by atoms with Crippen molar-refractivity contribution in [3.8, 4) is 0 Å². The van der Waals surface area contributed by atoms with E-state index in [0.29, 0.717) is 23.9 Å². The van der Waals surface area contributed by atoms with Gasteiger partial charge in [0, 0.05) is 23.6 Å². The molecular formula is C17H16ClNO4. The van der Waals surface area contributed by atoms with Gasteiger partial charge in [-0.2, -0.15) is 0 Å². The van der Waals surface area contributed by atoms with Crippen LogP contribution in [-0.2, 0) is 27.5 Å². The second-order valence-electron chi connectivity index (χ2n) is 5.45. The number of halogens is 1. The number of carbonyl (C=O) groups is 2. The van der Waals surface area contributed by atoms with Crippen LogP contribution >= 0.6 is 11.6 Å². The zero-order valence-corrected chi connectivity index (χ0v) is 13.2. The predicted molar refractivity (Wildman–Crippen MR) is 83.5 cm³/mol. The Labute approximate surface area is 138 Å². The number of likely N-dealkylation sites (tertiary alicyclic amines) is 1. The highest BCUT2D eigenvalue weighted by Gasteiger charge is 2.35. The maximum atomic E-state index is 12.2. The van der Waals surface area contributed by atoms with E-state index < -0.39 is 5.92 Å². The van der Waals surface area contributed by atoms with Crippen molar-refractivity contribution in [1.82, 2.24) is 4.90 Å². The molecular weight excluding hydrogens is 318 g/mol. The molecule has 1 saturated heterocycles. The van der Waals surface area contributed by atoms with Crippen LogP contribution in [0.1, 0.15) is 17.7 Å².